The van der Waals surface area contributed by atoms with Gasteiger partial charge in [-0.3, -0.25) is 9.97 Å². The second-order valence-electron chi connectivity index (χ2n) is 34.1. The monoisotopic (exact) mass is 1710 g/mol. The van der Waals surface area contributed by atoms with E-state index in [1.807, 2.05) is 98.5 Å². The fraction of sp³-hybridized carbons (Fsp3) is 0.330. The lowest BCUT2D eigenvalue weighted by Gasteiger charge is -2.14. The van der Waals surface area contributed by atoms with Crippen molar-refractivity contribution in [3.05, 3.63) is 292 Å². The van der Waals surface area contributed by atoms with Crippen LogP contribution in [-0.2, 0) is 28.7 Å². The molecule has 18 nitrogen and oxygen atoms in total. The number of rotatable bonds is 12. The number of aromatic nitrogens is 10. The van der Waals surface area contributed by atoms with Crippen LogP contribution >= 0.6 is 11.3 Å². The number of benzene rings is 9. The van der Waals surface area contributed by atoms with Crippen LogP contribution in [-0.4, -0.2) is 80.9 Å². The van der Waals surface area contributed by atoms with E-state index >= 15 is 0 Å². The Balaban J connectivity index is 0.000000137. The fourth-order valence-electron chi connectivity index (χ4n) is 13.5. The predicted molar refractivity (Wildman–Crippen MR) is 500 cm³/mol. The molecule has 0 spiro atoms. The van der Waals surface area contributed by atoms with Gasteiger partial charge in [0.1, 0.15) is 40.0 Å². The summed E-state index contributed by atoms with van der Waals surface area (Å²) in [5.74, 6) is 5.49. The second kappa shape index (κ2) is 43.3. The number of nitrogen functional groups attached to an aromatic ring is 1. The molecule has 16 aromatic rings. The Bertz CT molecular complexity index is 6000. The van der Waals surface area contributed by atoms with Gasteiger partial charge < -0.3 is 38.8 Å². The highest BCUT2D eigenvalue weighted by molar-refractivity contribution is 7.16. The normalized spacial score (nSPS) is 12.7. The lowest BCUT2D eigenvalue weighted by molar-refractivity contribution is -0.136. The number of hydrogen-bond donors (Lipinski definition) is 4. The molecule has 2 aliphatic heterocycles. The van der Waals surface area contributed by atoms with Crippen LogP contribution in [0.3, 0.4) is 0 Å². The van der Waals surface area contributed by atoms with E-state index < -0.39 is 26.0 Å². The van der Waals surface area contributed by atoms with Gasteiger partial charge in [-0.1, -0.05) is 215 Å². The molecule has 0 saturated heterocycles. The van der Waals surface area contributed by atoms with Gasteiger partial charge in [0.15, 0.2) is 23.4 Å². The van der Waals surface area contributed by atoms with Crippen molar-refractivity contribution in [2.45, 2.75) is 216 Å². The molecule has 0 unspecified atom stereocenters. The number of halogens is 4. The summed E-state index contributed by atoms with van der Waals surface area (Å²) in [6.45, 7) is 39.5. The Hall–Kier alpha value is -11.6. The summed E-state index contributed by atoms with van der Waals surface area (Å²) >= 11 is 1.71. The largest absolute Gasteiger partial charge is 0.491 e. The molecule has 0 radical (unpaired) electrons. The Kier molecular flexibility index (Phi) is 32.6. The molecule has 3 aliphatic rings. The number of para-hydroxylation sites is 1. The number of nitrogens with two attached hydrogens (primary N) is 1. The summed E-state index contributed by atoms with van der Waals surface area (Å²) in [7, 11) is -1.43. The molecule has 650 valence electrons. The molecule has 125 heavy (non-hydrogen) atoms. The summed E-state index contributed by atoms with van der Waals surface area (Å²) in [5, 5.41) is 35.5. The lowest BCUT2D eigenvalue weighted by atomic mass is 9.78. The second-order valence-corrected chi connectivity index (χ2v) is 35.0. The van der Waals surface area contributed by atoms with E-state index in [0.717, 1.165) is 113 Å². The molecule has 0 bridgehead atoms. The summed E-state index contributed by atoms with van der Waals surface area (Å²) in [5.41, 5.74) is 30.1. The van der Waals surface area contributed by atoms with Gasteiger partial charge in [-0.2, -0.15) is 28.6 Å². The number of thiazole rings is 1. The number of aromatic amines is 1. The number of hydrogen-bond acceptors (Lipinski definition) is 18. The zero-order valence-corrected chi connectivity index (χ0v) is 75.3. The summed E-state index contributed by atoms with van der Waals surface area (Å²) < 4.78 is 79.5. The topological polar surface area (TPSA) is 252 Å². The molecule has 0 amide bonds. The van der Waals surface area contributed by atoms with Gasteiger partial charge in [0, 0.05) is 46.7 Å². The third-order valence-corrected chi connectivity index (χ3v) is 22.4. The SMILES string of the molecule is CC(C)c1cc(F)c2ncccc2c1.CC(C)c1ccc(OC2CC2)c(-c2cncnc2)c1.CC(C)c1ccc2c(N)noc2c1.CC(C)c1ccc2c(c1)B(O)OC2.CC(C)c1ccc2c(c1)COB2O.CC(C)c1ccc2n[nH]nc2c1.CC(C)c1ccc2ncoc2c1.CC(C)c1ccc2ncsc2c1.CC(C)c1cnc2c(C(F)(F)F)cccc2c1. The fourth-order valence-corrected chi connectivity index (χ4v) is 14.2. The maximum Gasteiger partial charge on any atom is 0.491 e. The zero-order chi connectivity index (χ0) is 89.9. The van der Waals surface area contributed by atoms with E-state index in [4.69, 9.17) is 28.7 Å². The van der Waals surface area contributed by atoms with Gasteiger partial charge in [-0.15, -0.1) is 11.3 Å². The van der Waals surface area contributed by atoms with Crippen molar-refractivity contribution >= 4 is 107 Å². The number of H-pyrrole nitrogens is 1. The van der Waals surface area contributed by atoms with Gasteiger partial charge >= 0.3 is 20.4 Å². The summed E-state index contributed by atoms with van der Waals surface area (Å²) in [4.78, 5) is 24.5. The maximum absolute atomic E-state index is 13.5. The quantitative estimate of drug-likeness (QED) is 0.0655. The van der Waals surface area contributed by atoms with Gasteiger partial charge in [0.2, 0.25) is 0 Å². The Morgan fingerprint density at radius 3 is 1.67 bits per heavy atom. The van der Waals surface area contributed by atoms with Crippen LogP contribution in [0.1, 0.15) is 257 Å². The van der Waals surface area contributed by atoms with E-state index in [0.29, 0.717) is 83.4 Å². The first kappa shape index (κ1) is 94.1. The number of pyridine rings is 2. The van der Waals surface area contributed by atoms with Crippen LogP contribution in [0.25, 0.3) is 76.3 Å². The number of alkyl halides is 3. The van der Waals surface area contributed by atoms with Crippen LogP contribution < -0.4 is 21.4 Å². The number of nitrogens with one attached hydrogen (secondary N) is 1. The number of nitrogens with zero attached hydrogens (tertiary/aromatic N) is 9. The molecule has 0 atom stereocenters. The Morgan fingerprint density at radius 1 is 0.480 bits per heavy atom. The highest BCUT2D eigenvalue weighted by Crippen LogP contribution is 2.38. The molecule has 1 fully saturated rings. The molecule has 5 N–H and O–H groups in total. The Labute approximate surface area is 734 Å². The van der Waals surface area contributed by atoms with Gasteiger partial charge in [-0.05, 0) is 229 Å². The molecular formula is C100H113B2F4N11O7S. The average Bonchev–Trinajstić information content (AvgIpc) is 1.65. The van der Waals surface area contributed by atoms with Crippen molar-refractivity contribution in [3.63, 3.8) is 0 Å². The van der Waals surface area contributed by atoms with Crippen LogP contribution in [0, 0.1) is 5.82 Å². The molecule has 7 aromatic heterocycles. The molecule has 9 heterocycles. The zero-order valence-electron chi connectivity index (χ0n) is 74.5. The Morgan fingerprint density at radius 2 is 1.02 bits per heavy atom. The van der Waals surface area contributed by atoms with E-state index in [-0.39, 0.29) is 17.3 Å². The number of ether oxygens (including phenoxy) is 1. The van der Waals surface area contributed by atoms with Crippen molar-refractivity contribution in [2.24, 2.45) is 0 Å². The number of oxazole rings is 1. The predicted octanol–water partition coefficient (Wildman–Crippen LogP) is 24.7. The van der Waals surface area contributed by atoms with E-state index in [2.05, 4.69) is 240 Å². The van der Waals surface area contributed by atoms with Gasteiger partial charge in [-0.25, -0.2) is 24.3 Å². The molecule has 1 aliphatic carbocycles. The smallest absolute Gasteiger partial charge is 0.490 e. The highest BCUT2D eigenvalue weighted by atomic mass is 32.1. The van der Waals surface area contributed by atoms with E-state index in [1.165, 1.54) is 62.3 Å². The van der Waals surface area contributed by atoms with Crippen LogP contribution in [0.15, 0.2) is 228 Å². The summed E-state index contributed by atoms with van der Waals surface area (Å²) in [6.07, 6.45) is 8.21. The molecular weight excluding hydrogens is 1600 g/mol. The van der Waals surface area contributed by atoms with Gasteiger partial charge in [0.25, 0.3) is 0 Å². The highest BCUT2D eigenvalue weighted by Gasteiger charge is 2.34. The van der Waals surface area contributed by atoms with Crippen molar-refractivity contribution in [1.82, 2.24) is 50.5 Å². The van der Waals surface area contributed by atoms with E-state index in [1.54, 1.807) is 42.1 Å². The minimum absolute atomic E-state index is 0.0180. The van der Waals surface area contributed by atoms with E-state index in [9.17, 15) is 27.6 Å². The standard InChI is InChI=1S/C16H18N2O.C13H12F3N.C12H12FN.2C10H13BO2.C10H12N2O.C10H11NO.C10H11NS.C9H11N3/c1-11(2)12-3-6-16(19-14-4-5-14)15(7-12)13-8-17-10-18-9-13;1-8(2)10-6-9-4-3-5-11(13(14,15)16)12(9)17-7-10;1-8(2)10-6-9-4-3-5-14-12(9)11(13)7-10;1-7(2)8-3-4-10-9(5-8)6-13-11(10)12;1-7(2)8-3-4-9-6-13-11(12)10(9)5-8;1-6(2)7-3-4-8-9(5-7)13-12-10(8)11;2*1-7(2)8-3-4-9-10(5-8)12-6-11-9;1-6(2)7-3-4-8-9(5-7)11-12-10-8/h3,6-11,14H,4-5H2,1-2H3;3-8H,1-2H3;3-8H,1-2H3;2*3-5,7,12H,6H2,1-2H3;3-6H,1-2H3,(H2,11,12);2*3-7H,1-2H3;3-6H,1-2H3,(H,10,11,12). The molecule has 1 saturated carbocycles. The molecule has 25 heteroatoms. The first-order chi connectivity index (χ1) is 59.7. The third kappa shape index (κ3) is 25.6. The molecule has 19 rings (SSSR count). The minimum Gasteiger partial charge on any atom is -0.490 e. The van der Waals surface area contributed by atoms with Crippen molar-refractivity contribution < 1.29 is 50.6 Å². The lowest BCUT2D eigenvalue weighted by Crippen LogP contribution is -2.28. The maximum atomic E-state index is 13.5. The minimum atomic E-state index is -4.36. The first-order valence-electron chi connectivity index (χ1n) is 42.7. The number of fused-ring (bicyclic) bond motifs is 8. The van der Waals surface area contributed by atoms with Crippen molar-refractivity contribution in [1.29, 1.82) is 0 Å². The van der Waals surface area contributed by atoms with Crippen LogP contribution in [0.2, 0.25) is 0 Å². The summed E-state index contributed by atoms with van der Waals surface area (Å²) in [6, 6.07) is 56.7. The van der Waals surface area contributed by atoms with Crippen LogP contribution in [0.5, 0.6) is 5.75 Å². The van der Waals surface area contributed by atoms with Crippen molar-refractivity contribution in [2.75, 3.05) is 5.73 Å². The molecule has 9 aromatic carbocycles. The van der Waals surface area contributed by atoms with Gasteiger partial charge in [0.05, 0.1) is 51.5 Å². The van der Waals surface area contributed by atoms with Crippen molar-refractivity contribution in [3.8, 4) is 16.9 Å². The third-order valence-electron chi connectivity index (χ3n) is 21.6. The van der Waals surface area contributed by atoms with Crippen LogP contribution in [0.4, 0.5) is 23.4 Å². The number of anilines is 1. The first-order valence-corrected chi connectivity index (χ1v) is 43.6. The average molecular weight is 1710 g/mol.